The third kappa shape index (κ3) is 2.25. The molecule has 2 N–H and O–H groups in total. The summed E-state index contributed by atoms with van der Waals surface area (Å²) < 4.78 is 40.5. The maximum absolute atomic E-state index is 13.6. The molecule has 0 fully saturated rings. The van der Waals surface area contributed by atoms with Crippen molar-refractivity contribution in [1.82, 2.24) is 0 Å². The van der Waals surface area contributed by atoms with Crippen LogP contribution in [0.1, 0.15) is 12.0 Å². The number of para-hydroxylation sites is 2. The molecule has 0 saturated heterocycles. The first-order valence-electron chi connectivity index (χ1n) is 6.66. The first kappa shape index (κ1) is 13.9. The van der Waals surface area contributed by atoms with Crippen LogP contribution in [0.15, 0.2) is 47.4 Å². The molecule has 2 aromatic carbocycles. The Labute approximate surface area is 123 Å². The summed E-state index contributed by atoms with van der Waals surface area (Å²) in [6.07, 6.45) is 1.56. The van der Waals surface area contributed by atoms with Gasteiger partial charge in [0.1, 0.15) is 10.7 Å². The molecule has 2 aromatic rings. The van der Waals surface area contributed by atoms with Crippen molar-refractivity contribution in [3.63, 3.8) is 0 Å². The second-order valence-electron chi connectivity index (χ2n) is 4.96. The minimum Gasteiger partial charge on any atom is -0.395 e. The van der Waals surface area contributed by atoms with Crippen molar-refractivity contribution in [2.75, 3.05) is 16.6 Å². The average Bonchev–Trinajstić information content (AvgIpc) is 2.49. The zero-order chi connectivity index (χ0) is 15.0. The van der Waals surface area contributed by atoms with Crippen molar-refractivity contribution < 1.29 is 12.8 Å². The Kier molecular flexibility index (Phi) is 3.33. The lowest BCUT2D eigenvalue weighted by Crippen LogP contribution is -2.35. The van der Waals surface area contributed by atoms with Gasteiger partial charge >= 0.3 is 0 Å². The van der Waals surface area contributed by atoms with Crippen LogP contribution >= 0.6 is 0 Å². The van der Waals surface area contributed by atoms with Crippen LogP contribution in [0.3, 0.4) is 0 Å². The predicted octanol–water partition coefficient (Wildman–Crippen LogP) is 2.55. The quantitative estimate of drug-likeness (QED) is 0.867. The zero-order valence-corrected chi connectivity index (χ0v) is 12.1. The van der Waals surface area contributed by atoms with Gasteiger partial charge in [0, 0.05) is 6.54 Å². The van der Waals surface area contributed by atoms with Crippen molar-refractivity contribution >= 4 is 21.4 Å². The Balaban J connectivity index is 2.14. The topological polar surface area (TPSA) is 63.4 Å². The lowest BCUT2D eigenvalue weighted by molar-refractivity contribution is 0.584. The van der Waals surface area contributed by atoms with Crippen LogP contribution in [-0.4, -0.2) is 15.0 Å². The smallest absolute Gasteiger partial charge is 0.266 e. The number of anilines is 2. The predicted molar refractivity (Wildman–Crippen MR) is 80.1 cm³/mol. The molecule has 0 unspecified atom stereocenters. The number of rotatable bonds is 2. The number of benzene rings is 2. The molecular weight excluding hydrogens is 291 g/mol. The summed E-state index contributed by atoms with van der Waals surface area (Å²) in [7, 11) is -3.86. The molecule has 110 valence electrons. The molecule has 6 heteroatoms. The number of halogens is 1. The highest BCUT2D eigenvalue weighted by Crippen LogP contribution is 2.33. The Morgan fingerprint density at radius 2 is 1.86 bits per heavy atom. The highest BCUT2D eigenvalue weighted by Gasteiger charge is 2.30. The first-order chi connectivity index (χ1) is 10.0. The summed E-state index contributed by atoms with van der Waals surface area (Å²) in [6.45, 7) is 0.370. The number of fused-ring (bicyclic) bond motifs is 1. The summed E-state index contributed by atoms with van der Waals surface area (Å²) in [5.74, 6) is -0.721. The standard InChI is InChI=1S/C15H15FN2O2S/c16-12-7-3-9-14(15(12)17)21(19,20)18-10-4-6-11-5-1-2-8-13(11)18/h1-3,5,7-9H,4,6,10,17H2. The van der Waals surface area contributed by atoms with Crippen LogP contribution in [-0.2, 0) is 16.4 Å². The number of hydrogen-bond donors (Lipinski definition) is 1. The van der Waals surface area contributed by atoms with Crippen molar-refractivity contribution in [3.8, 4) is 0 Å². The van der Waals surface area contributed by atoms with Crippen LogP contribution in [0.2, 0.25) is 0 Å². The van der Waals surface area contributed by atoms with Crippen molar-refractivity contribution in [1.29, 1.82) is 0 Å². The van der Waals surface area contributed by atoms with E-state index in [4.69, 9.17) is 5.73 Å². The molecule has 1 heterocycles. The molecule has 0 aliphatic carbocycles. The summed E-state index contributed by atoms with van der Waals surface area (Å²) >= 11 is 0. The number of nitrogen functional groups attached to an aromatic ring is 1. The SMILES string of the molecule is Nc1c(F)cccc1S(=O)(=O)N1CCCc2ccccc21. The van der Waals surface area contributed by atoms with E-state index >= 15 is 0 Å². The van der Waals surface area contributed by atoms with Gasteiger partial charge in [-0.05, 0) is 36.6 Å². The highest BCUT2D eigenvalue weighted by atomic mass is 32.2. The van der Waals surface area contributed by atoms with Crippen molar-refractivity contribution in [3.05, 3.63) is 53.8 Å². The van der Waals surface area contributed by atoms with E-state index in [1.165, 1.54) is 16.4 Å². The highest BCUT2D eigenvalue weighted by molar-refractivity contribution is 7.93. The third-order valence-electron chi connectivity index (χ3n) is 3.65. The Morgan fingerprint density at radius 3 is 2.67 bits per heavy atom. The number of hydrogen-bond acceptors (Lipinski definition) is 3. The molecule has 4 nitrogen and oxygen atoms in total. The molecule has 0 atom stereocenters. The molecule has 0 saturated carbocycles. The fraction of sp³-hybridized carbons (Fsp3) is 0.200. The number of nitrogens with zero attached hydrogens (tertiary/aromatic N) is 1. The number of aryl methyl sites for hydroxylation is 1. The average molecular weight is 306 g/mol. The second-order valence-corrected chi connectivity index (χ2v) is 6.79. The van der Waals surface area contributed by atoms with Gasteiger partial charge in [0.25, 0.3) is 10.0 Å². The van der Waals surface area contributed by atoms with E-state index in [0.29, 0.717) is 12.2 Å². The van der Waals surface area contributed by atoms with Gasteiger partial charge in [-0.25, -0.2) is 12.8 Å². The largest absolute Gasteiger partial charge is 0.395 e. The van der Waals surface area contributed by atoms with Crippen LogP contribution in [0, 0.1) is 5.82 Å². The fourth-order valence-corrected chi connectivity index (χ4v) is 4.28. The monoisotopic (exact) mass is 306 g/mol. The minimum absolute atomic E-state index is 0.181. The fourth-order valence-electron chi connectivity index (χ4n) is 2.61. The summed E-state index contributed by atoms with van der Waals surface area (Å²) in [5.41, 5.74) is 6.90. The Morgan fingerprint density at radius 1 is 1.10 bits per heavy atom. The van der Waals surface area contributed by atoms with Crippen LogP contribution in [0.4, 0.5) is 15.8 Å². The van der Waals surface area contributed by atoms with Crippen LogP contribution in [0.25, 0.3) is 0 Å². The molecule has 3 rings (SSSR count). The maximum atomic E-state index is 13.6. The molecular formula is C15H15FN2O2S. The van der Waals surface area contributed by atoms with E-state index in [0.717, 1.165) is 24.5 Å². The Hall–Kier alpha value is -2.08. The van der Waals surface area contributed by atoms with Gasteiger partial charge in [0.2, 0.25) is 0 Å². The molecule has 0 aromatic heterocycles. The first-order valence-corrected chi connectivity index (χ1v) is 8.10. The summed E-state index contributed by atoms with van der Waals surface area (Å²) in [4.78, 5) is -0.181. The van der Waals surface area contributed by atoms with E-state index in [9.17, 15) is 12.8 Å². The Bertz CT molecular complexity index is 790. The molecule has 1 aliphatic rings. The van der Waals surface area contributed by atoms with Gasteiger partial charge in [-0.15, -0.1) is 0 Å². The van der Waals surface area contributed by atoms with E-state index in [1.807, 2.05) is 12.1 Å². The van der Waals surface area contributed by atoms with Crippen molar-refractivity contribution in [2.45, 2.75) is 17.7 Å². The van der Waals surface area contributed by atoms with Gasteiger partial charge in [-0.2, -0.15) is 0 Å². The number of sulfonamides is 1. The van der Waals surface area contributed by atoms with Gasteiger partial charge in [-0.1, -0.05) is 24.3 Å². The second kappa shape index (κ2) is 5.04. The zero-order valence-electron chi connectivity index (χ0n) is 11.3. The molecule has 21 heavy (non-hydrogen) atoms. The normalized spacial score (nSPS) is 14.8. The molecule has 0 spiro atoms. The van der Waals surface area contributed by atoms with Gasteiger partial charge in [0.05, 0.1) is 11.4 Å². The molecule has 0 bridgehead atoms. The van der Waals surface area contributed by atoms with Crippen LogP contribution in [0.5, 0.6) is 0 Å². The van der Waals surface area contributed by atoms with Crippen molar-refractivity contribution in [2.24, 2.45) is 0 Å². The van der Waals surface area contributed by atoms with E-state index in [-0.39, 0.29) is 10.6 Å². The molecule has 0 radical (unpaired) electrons. The van der Waals surface area contributed by atoms with Crippen LogP contribution < -0.4 is 10.0 Å². The summed E-state index contributed by atoms with van der Waals surface area (Å²) in [6, 6.07) is 11.2. The van der Waals surface area contributed by atoms with Gasteiger partial charge in [-0.3, -0.25) is 4.31 Å². The van der Waals surface area contributed by atoms with E-state index in [2.05, 4.69) is 0 Å². The van der Waals surface area contributed by atoms with Gasteiger partial charge < -0.3 is 5.73 Å². The van der Waals surface area contributed by atoms with E-state index in [1.54, 1.807) is 12.1 Å². The maximum Gasteiger partial charge on any atom is 0.266 e. The molecule has 0 amide bonds. The lowest BCUT2D eigenvalue weighted by Gasteiger charge is -2.30. The lowest BCUT2D eigenvalue weighted by atomic mass is 10.0. The third-order valence-corrected chi connectivity index (χ3v) is 5.52. The molecule has 1 aliphatic heterocycles. The summed E-state index contributed by atoms with van der Waals surface area (Å²) in [5, 5.41) is 0. The van der Waals surface area contributed by atoms with Gasteiger partial charge in [0.15, 0.2) is 0 Å². The van der Waals surface area contributed by atoms with E-state index < -0.39 is 15.8 Å². The number of nitrogens with two attached hydrogens (primary N) is 1. The minimum atomic E-state index is -3.86.